The van der Waals surface area contributed by atoms with Crippen LogP contribution < -0.4 is 0 Å². The van der Waals surface area contributed by atoms with E-state index in [0.717, 1.165) is 21.8 Å². The average Bonchev–Trinajstić information content (AvgIpc) is 3.23. The molecule has 0 atom stereocenters. The van der Waals surface area contributed by atoms with E-state index in [4.69, 9.17) is 24.4 Å². The maximum atomic E-state index is 5.50. The number of hydrogen-bond donors (Lipinski definition) is 0. The third-order valence-corrected chi connectivity index (χ3v) is 6.88. The second kappa shape index (κ2) is 6.64. The average molecular weight is 387 g/mol. The first-order valence-electron chi connectivity index (χ1n) is 7.03. The number of para-hydroxylation sites is 2. The van der Waals surface area contributed by atoms with Crippen molar-refractivity contribution in [1.82, 2.24) is 19.6 Å². The first-order chi connectivity index (χ1) is 11.7. The highest BCUT2D eigenvalue weighted by Crippen LogP contribution is 2.29. The van der Waals surface area contributed by atoms with Crippen LogP contribution in [-0.2, 0) is 0 Å². The molecular formula is C16H10N4S4. The lowest BCUT2D eigenvalue weighted by Crippen LogP contribution is -2.08. The van der Waals surface area contributed by atoms with Crippen LogP contribution in [0.4, 0.5) is 0 Å². The molecule has 4 nitrogen and oxygen atoms in total. The largest absolute Gasteiger partial charge is 0.215 e. The lowest BCUT2D eigenvalue weighted by molar-refractivity contribution is 0.995. The molecule has 0 aliphatic rings. The summed E-state index contributed by atoms with van der Waals surface area (Å²) in [6.07, 6.45) is 3.62. The van der Waals surface area contributed by atoms with E-state index in [1.165, 1.54) is 21.6 Å². The van der Waals surface area contributed by atoms with Gasteiger partial charge >= 0.3 is 0 Å². The molecule has 0 saturated carbocycles. The summed E-state index contributed by atoms with van der Waals surface area (Å²) in [5, 5.41) is 10.8. The number of aromatic nitrogens is 4. The summed E-state index contributed by atoms with van der Waals surface area (Å²) >= 11 is 11.0. The predicted octanol–water partition coefficient (Wildman–Crippen LogP) is 4.73. The van der Waals surface area contributed by atoms with Crippen LogP contribution in [-0.4, -0.2) is 28.2 Å². The lowest BCUT2D eigenvalue weighted by Gasteiger charge is -2.06. The minimum atomic E-state index is 0.639. The molecule has 4 aromatic rings. The fraction of sp³-hybridized carbons (Fsp3) is 0. The van der Waals surface area contributed by atoms with Crippen LogP contribution in [0.1, 0.15) is 0 Å². The van der Waals surface area contributed by atoms with Crippen LogP contribution in [0.15, 0.2) is 60.9 Å². The molecule has 2 aromatic carbocycles. The number of benzene rings is 2. The third kappa shape index (κ3) is 2.86. The molecule has 24 heavy (non-hydrogen) atoms. The van der Waals surface area contributed by atoms with E-state index < -0.39 is 0 Å². The Hall–Kier alpha value is -1.74. The van der Waals surface area contributed by atoms with Gasteiger partial charge in [-0.3, -0.25) is 0 Å². The minimum Gasteiger partial charge on any atom is -0.215 e. The van der Waals surface area contributed by atoms with Crippen LogP contribution in [0.3, 0.4) is 0 Å². The fourth-order valence-electron chi connectivity index (χ4n) is 2.38. The maximum absolute atomic E-state index is 5.50. The van der Waals surface area contributed by atoms with Crippen molar-refractivity contribution in [2.24, 2.45) is 0 Å². The first kappa shape index (κ1) is 15.8. The summed E-state index contributed by atoms with van der Waals surface area (Å²) in [4.78, 5) is 0. The highest BCUT2D eigenvalue weighted by molar-refractivity contribution is 8.89. The van der Waals surface area contributed by atoms with Gasteiger partial charge in [-0.25, -0.2) is 9.36 Å². The molecule has 0 amide bonds. The zero-order valence-electron chi connectivity index (χ0n) is 12.2. The molecule has 0 bridgehead atoms. The zero-order chi connectivity index (χ0) is 16.5. The molecule has 0 N–H and O–H groups in total. The number of nitrogens with zero attached hydrogens (tertiary/aromatic N) is 4. The van der Waals surface area contributed by atoms with Crippen molar-refractivity contribution < 1.29 is 0 Å². The molecule has 8 heteroatoms. The highest BCUT2D eigenvalue weighted by atomic mass is 33.1. The molecule has 2 heterocycles. The molecule has 4 rings (SSSR count). The minimum absolute atomic E-state index is 0.639. The summed E-state index contributed by atoms with van der Waals surface area (Å²) in [5.41, 5.74) is 1.98. The molecule has 2 aromatic heterocycles. The highest BCUT2D eigenvalue weighted by Gasteiger charge is 2.12. The van der Waals surface area contributed by atoms with Crippen molar-refractivity contribution in [3.63, 3.8) is 0 Å². The monoisotopic (exact) mass is 386 g/mol. The maximum Gasteiger partial charge on any atom is 0.172 e. The Balaban J connectivity index is 1.52. The van der Waals surface area contributed by atoms with Crippen LogP contribution in [0.25, 0.3) is 21.8 Å². The predicted molar refractivity (Wildman–Crippen MR) is 111 cm³/mol. The van der Waals surface area contributed by atoms with Gasteiger partial charge in [0.15, 0.2) is 8.64 Å². The number of rotatable bonds is 0. The lowest BCUT2D eigenvalue weighted by atomic mass is 10.3. The summed E-state index contributed by atoms with van der Waals surface area (Å²) in [6.45, 7) is 0. The van der Waals surface area contributed by atoms with Crippen LogP contribution in [0.2, 0.25) is 0 Å². The van der Waals surface area contributed by atoms with Crippen molar-refractivity contribution in [2.75, 3.05) is 0 Å². The van der Waals surface area contributed by atoms with Crippen LogP contribution in [0.5, 0.6) is 0 Å². The van der Waals surface area contributed by atoms with Gasteiger partial charge in [0.1, 0.15) is 0 Å². The number of thiocarbonyl (C=S) groups is 2. The van der Waals surface area contributed by atoms with Crippen LogP contribution in [0, 0.1) is 0 Å². The van der Waals surface area contributed by atoms with Gasteiger partial charge in [0, 0.05) is 10.8 Å². The zero-order valence-corrected chi connectivity index (χ0v) is 15.5. The molecular weight excluding hydrogens is 376 g/mol. The Bertz CT molecular complexity index is 980. The van der Waals surface area contributed by atoms with E-state index in [0.29, 0.717) is 8.64 Å². The Morgan fingerprint density at radius 3 is 1.58 bits per heavy atom. The van der Waals surface area contributed by atoms with Crippen LogP contribution >= 0.6 is 46.0 Å². The van der Waals surface area contributed by atoms with E-state index in [1.807, 2.05) is 60.9 Å². The van der Waals surface area contributed by atoms with Crippen molar-refractivity contribution in [1.29, 1.82) is 0 Å². The topological polar surface area (TPSA) is 35.6 Å². The molecule has 0 aliphatic heterocycles. The number of fused-ring (bicyclic) bond motifs is 2. The van der Waals surface area contributed by atoms with Gasteiger partial charge in [-0.15, -0.1) is 0 Å². The van der Waals surface area contributed by atoms with Gasteiger partial charge in [-0.2, -0.15) is 10.2 Å². The third-order valence-electron chi connectivity index (χ3n) is 3.48. The van der Waals surface area contributed by atoms with Crippen molar-refractivity contribution in [2.45, 2.75) is 0 Å². The van der Waals surface area contributed by atoms with Gasteiger partial charge in [-0.05, 0) is 58.2 Å². The summed E-state index contributed by atoms with van der Waals surface area (Å²) in [6, 6.07) is 15.9. The summed E-state index contributed by atoms with van der Waals surface area (Å²) in [5.74, 6) is 0. The standard InChI is InChI=1S/C16H10N4S4/c21-15(19-13-7-3-1-5-11(13)9-17-19)23-24-16(22)20-14-8-4-2-6-12(14)10-18-20/h1-10H. The van der Waals surface area contributed by atoms with E-state index in [9.17, 15) is 0 Å². The molecule has 0 saturated heterocycles. The Labute approximate surface area is 156 Å². The smallest absolute Gasteiger partial charge is 0.172 e. The molecule has 0 fully saturated rings. The Morgan fingerprint density at radius 1 is 0.708 bits per heavy atom. The first-order valence-corrected chi connectivity index (χ1v) is 9.99. The second-order valence-electron chi connectivity index (χ2n) is 4.93. The van der Waals surface area contributed by atoms with Crippen molar-refractivity contribution >= 4 is 76.5 Å². The quantitative estimate of drug-likeness (QED) is 0.321. The number of hydrogen-bond acceptors (Lipinski definition) is 6. The van der Waals surface area contributed by atoms with E-state index in [2.05, 4.69) is 10.2 Å². The fourth-order valence-corrected chi connectivity index (χ4v) is 4.71. The molecule has 0 radical (unpaired) electrons. The summed E-state index contributed by atoms with van der Waals surface area (Å²) < 4.78 is 4.79. The Morgan fingerprint density at radius 2 is 1.12 bits per heavy atom. The Kier molecular flexibility index (Phi) is 4.36. The van der Waals surface area contributed by atoms with E-state index >= 15 is 0 Å². The van der Waals surface area contributed by atoms with Crippen molar-refractivity contribution in [3.8, 4) is 0 Å². The van der Waals surface area contributed by atoms with Gasteiger partial charge in [-0.1, -0.05) is 36.4 Å². The van der Waals surface area contributed by atoms with E-state index in [1.54, 1.807) is 9.36 Å². The summed E-state index contributed by atoms with van der Waals surface area (Å²) in [7, 11) is 2.82. The SMILES string of the molecule is S=C(SSC(=S)n1ncc2ccccc21)n1ncc2ccccc21. The van der Waals surface area contributed by atoms with Gasteiger partial charge in [0.2, 0.25) is 0 Å². The van der Waals surface area contributed by atoms with E-state index in [-0.39, 0.29) is 0 Å². The normalized spacial score (nSPS) is 11.2. The van der Waals surface area contributed by atoms with Gasteiger partial charge in [0.25, 0.3) is 0 Å². The van der Waals surface area contributed by atoms with Crippen molar-refractivity contribution in [3.05, 3.63) is 60.9 Å². The molecule has 118 valence electrons. The molecule has 0 aliphatic carbocycles. The molecule has 0 unspecified atom stereocenters. The second-order valence-corrected chi connectivity index (χ2v) is 8.33. The molecule has 0 spiro atoms. The van der Waals surface area contributed by atoms with Gasteiger partial charge < -0.3 is 0 Å². The van der Waals surface area contributed by atoms with Gasteiger partial charge in [0.05, 0.1) is 23.4 Å².